The van der Waals surface area contributed by atoms with Crippen molar-refractivity contribution in [2.75, 3.05) is 19.0 Å². The zero-order valence-corrected chi connectivity index (χ0v) is 28.0. The summed E-state index contributed by atoms with van der Waals surface area (Å²) >= 11 is 3.54. The average Bonchev–Trinajstić information content (AvgIpc) is 3.62. The Hall–Kier alpha value is -3.94. The van der Waals surface area contributed by atoms with E-state index in [9.17, 15) is 22.4 Å². The molecule has 1 amide bonds. The number of carbonyl (C=O) groups excluding carboxylic acids is 1. The van der Waals surface area contributed by atoms with E-state index in [1.807, 2.05) is 20.9 Å². The zero-order valence-electron chi connectivity index (χ0n) is 27.1. The maximum absolute atomic E-state index is 14.6. The Balaban J connectivity index is 0.000000808. The van der Waals surface area contributed by atoms with Crippen molar-refractivity contribution in [2.24, 2.45) is 18.9 Å². The van der Waals surface area contributed by atoms with Crippen LogP contribution in [-0.4, -0.2) is 46.3 Å². The second kappa shape index (κ2) is 15.5. The van der Waals surface area contributed by atoms with Crippen molar-refractivity contribution in [3.63, 3.8) is 0 Å². The lowest BCUT2D eigenvalue weighted by molar-refractivity contribution is -0.137. The molecule has 0 bridgehead atoms. The van der Waals surface area contributed by atoms with Crippen LogP contribution in [-0.2, 0) is 27.5 Å². The number of hydrogen-bond acceptors (Lipinski definition) is 6. The fourth-order valence-corrected chi connectivity index (χ4v) is 6.81. The highest BCUT2D eigenvalue weighted by molar-refractivity contribution is 7.78. The molecule has 48 heavy (non-hydrogen) atoms. The molecule has 6 rings (SSSR count). The van der Waals surface area contributed by atoms with Gasteiger partial charge >= 0.3 is 6.18 Å². The van der Waals surface area contributed by atoms with E-state index in [-0.39, 0.29) is 24.0 Å². The fraction of sp³-hybridized carbons (Fsp3) is 0.400. The Morgan fingerprint density at radius 3 is 2.33 bits per heavy atom. The third kappa shape index (κ3) is 8.19. The number of ether oxygens (including phenoxy) is 1. The number of aromatic nitrogens is 2. The molecule has 2 aliphatic rings. The summed E-state index contributed by atoms with van der Waals surface area (Å²) in [4.78, 5) is 26.6. The maximum atomic E-state index is 14.6. The molecule has 1 spiro atoms. The zero-order chi connectivity index (χ0) is 35.2. The Bertz CT molecular complexity index is 1720. The van der Waals surface area contributed by atoms with Crippen molar-refractivity contribution in [3.05, 3.63) is 83.4 Å². The number of rotatable bonds is 4. The monoisotopic (exact) mass is 688 g/mol. The molecule has 258 valence electrons. The molecule has 13 heteroatoms. The molecule has 1 aliphatic carbocycles. The van der Waals surface area contributed by atoms with Gasteiger partial charge in [0.05, 0.1) is 27.9 Å². The van der Waals surface area contributed by atoms with Gasteiger partial charge in [0.1, 0.15) is 11.6 Å². The molecule has 4 aromatic rings. The Labute approximate surface area is 282 Å². The van der Waals surface area contributed by atoms with Gasteiger partial charge < -0.3 is 19.7 Å². The van der Waals surface area contributed by atoms with Crippen LogP contribution in [0.2, 0.25) is 0 Å². The molecule has 8 nitrogen and oxygen atoms in total. The number of fused-ring (bicyclic) bond motifs is 1. The van der Waals surface area contributed by atoms with Gasteiger partial charge in [-0.1, -0.05) is 50.1 Å². The van der Waals surface area contributed by atoms with Crippen LogP contribution in [0.15, 0.2) is 60.7 Å². The van der Waals surface area contributed by atoms with E-state index in [1.54, 1.807) is 7.05 Å². The first-order valence-electron chi connectivity index (χ1n) is 15.5. The van der Waals surface area contributed by atoms with Crippen LogP contribution in [0.3, 0.4) is 0 Å². The lowest BCUT2D eigenvalue weighted by Gasteiger charge is -2.45. The third-order valence-corrected chi connectivity index (χ3v) is 9.31. The first-order valence-corrected chi connectivity index (χ1v) is 16.0. The summed E-state index contributed by atoms with van der Waals surface area (Å²) in [7, 11) is 3.74. The predicted octanol–water partition coefficient (Wildman–Crippen LogP) is 7.78. The Morgan fingerprint density at radius 1 is 1.10 bits per heavy atom. The van der Waals surface area contributed by atoms with Crippen LogP contribution in [0.1, 0.15) is 55.5 Å². The molecule has 1 saturated carbocycles. The summed E-state index contributed by atoms with van der Waals surface area (Å²) in [6.45, 7) is 4.37. The van der Waals surface area contributed by atoms with Gasteiger partial charge in [-0.25, -0.2) is 9.37 Å². The van der Waals surface area contributed by atoms with Gasteiger partial charge in [0.2, 0.25) is 5.91 Å². The lowest BCUT2D eigenvalue weighted by atomic mass is 9.63. The lowest BCUT2D eigenvalue weighted by Crippen LogP contribution is -2.46. The Morgan fingerprint density at radius 2 is 1.75 bits per heavy atom. The van der Waals surface area contributed by atoms with Gasteiger partial charge in [-0.2, -0.15) is 13.2 Å². The molecular formula is C35H40F4N4O4S. The summed E-state index contributed by atoms with van der Waals surface area (Å²) in [6.07, 6.45) is -1.68. The SMILES string of the molecule is CNS.Cc1nc2cc(-c3ccc(C4C[C@]5(CCCO5)CC(C(=O)Nc5ccc(C(F)(F)F)cc5F)[C@@H]4C)cc3)ccc2n1C.O=CO. The number of halogens is 4. The number of benzene rings is 3. The van der Waals surface area contributed by atoms with Gasteiger partial charge in [0.25, 0.3) is 6.47 Å². The number of carboxylic acid groups (broad SMARTS) is 1. The molecule has 2 fully saturated rings. The number of anilines is 1. The third-order valence-electron chi connectivity index (χ3n) is 9.31. The van der Waals surface area contributed by atoms with Gasteiger partial charge in [-0.05, 0) is 98.5 Å². The first kappa shape index (κ1) is 36.9. The summed E-state index contributed by atoms with van der Waals surface area (Å²) in [5.74, 6) is -1.16. The second-order valence-electron chi connectivity index (χ2n) is 12.2. The van der Waals surface area contributed by atoms with Gasteiger partial charge in [0, 0.05) is 19.6 Å². The van der Waals surface area contributed by atoms with Crippen molar-refractivity contribution in [1.82, 2.24) is 14.3 Å². The summed E-state index contributed by atoms with van der Waals surface area (Å²) in [5.41, 5.74) is 3.42. The van der Waals surface area contributed by atoms with E-state index in [4.69, 9.17) is 14.6 Å². The second-order valence-corrected chi connectivity index (χ2v) is 12.6. The van der Waals surface area contributed by atoms with Crippen molar-refractivity contribution in [3.8, 4) is 11.1 Å². The highest BCUT2D eigenvalue weighted by Crippen LogP contribution is 2.51. The van der Waals surface area contributed by atoms with Gasteiger partial charge in [-0.15, -0.1) is 0 Å². The molecule has 2 heterocycles. The molecule has 1 saturated heterocycles. The minimum Gasteiger partial charge on any atom is -0.483 e. The maximum Gasteiger partial charge on any atom is 0.416 e. The number of amides is 1. The number of thiol groups is 1. The minimum absolute atomic E-state index is 0.0139. The topological polar surface area (TPSA) is 105 Å². The summed E-state index contributed by atoms with van der Waals surface area (Å²) in [6, 6.07) is 16.8. The van der Waals surface area contributed by atoms with Crippen LogP contribution in [0.4, 0.5) is 23.2 Å². The molecule has 0 radical (unpaired) electrons. The normalized spacial score (nSPS) is 22.0. The molecule has 3 N–H and O–H groups in total. The first-order chi connectivity index (χ1) is 22.8. The molecule has 1 aromatic heterocycles. The highest BCUT2D eigenvalue weighted by atomic mass is 32.1. The smallest absolute Gasteiger partial charge is 0.416 e. The quantitative estimate of drug-likeness (QED) is 0.0992. The summed E-state index contributed by atoms with van der Waals surface area (Å²) in [5, 5.41) is 9.46. The fourth-order valence-electron chi connectivity index (χ4n) is 6.81. The van der Waals surface area contributed by atoms with E-state index in [1.165, 1.54) is 0 Å². The summed E-state index contributed by atoms with van der Waals surface area (Å²) < 4.78 is 64.3. The van der Waals surface area contributed by atoms with Crippen molar-refractivity contribution >= 4 is 41.9 Å². The van der Waals surface area contributed by atoms with Crippen molar-refractivity contribution in [1.29, 1.82) is 0 Å². The number of aryl methyl sites for hydroxylation is 2. The number of imidazole rings is 1. The number of hydrogen-bond donors (Lipinski definition) is 4. The molecule has 1 aliphatic heterocycles. The van der Waals surface area contributed by atoms with Crippen LogP contribution >= 0.6 is 12.8 Å². The van der Waals surface area contributed by atoms with Crippen LogP contribution in [0.5, 0.6) is 0 Å². The van der Waals surface area contributed by atoms with Gasteiger partial charge in [-0.3, -0.25) is 14.3 Å². The molecule has 2 unspecified atom stereocenters. The largest absolute Gasteiger partial charge is 0.483 e. The number of carbonyl (C=O) groups is 2. The highest BCUT2D eigenvalue weighted by Gasteiger charge is 2.49. The Kier molecular flexibility index (Phi) is 11.9. The minimum atomic E-state index is -4.67. The standard InChI is InChI=1S/C33H33F4N3O2.CH5NS.CH2O2/c1-19-25(22-7-5-21(6-8-22)23-9-12-30-29(15-23)38-20(2)40(30)3)17-32(13-4-14-42-32)18-26(19)31(41)39-28-11-10-24(16-27(28)34)33(35,36)37;1-2-3;2-1-3/h5-12,15-16,19,25-26H,4,13-14,17-18H2,1-3H3,(H,39,41);2-3H,1H3;1H,(H,2,3)/t19-,25?,26?,32-;;/m1../s1. The van der Waals surface area contributed by atoms with E-state index in [0.717, 1.165) is 64.9 Å². The van der Waals surface area contributed by atoms with Crippen LogP contribution in [0, 0.1) is 24.6 Å². The number of nitrogens with zero attached hydrogens (tertiary/aromatic N) is 2. The van der Waals surface area contributed by atoms with Crippen molar-refractivity contribution in [2.45, 2.75) is 57.2 Å². The number of alkyl halides is 3. The van der Waals surface area contributed by atoms with E-state index in [2.05, 4.69) is 74.9 Å². The van der Waals surface area contributed by atoms with E-state index < -0.39 is 35.0 Å². The number of nitrogens with one attached hydrogen (secondary N) is 2. The molecule has 4 atom stereocenters. The van der Waals surface area contributed by atoms with Crippen LogP contribution < -0.4 is 10.0 Å². The molecule has 3 aromatic carbocycles. The van der Waals surface area contributed by atoms with Crippen LogP contribution in [0.25, 0.3) is 22.2 Å². The average molecular weight is 689 g/mol. The predicted molar refractivity (Wildman–Crippen MR) is 180 cm³/mol. The molecular weight excluding hydrogens is 648 g/mol. The van der Waals surface area contributed by atoms with Gasteiger partial charge in [0.15, 0.2) is 0 Å². The van der Waals surface area contributed by atoms with E-state index >= 15 is 0 Å². The van der Waals surface area contributed by atoms with Crippen molar-refractivity contribution < 1.29 is 37.0 Å². The van der Waals surface area contributed by atoms with E-state index in [0.29, 0.717) is 19.1 Å².